The van der Waals surface area contributed by atoms with Crippen LogP contribution < -0.4 is 15.1 Å². The van der Waals surface area contributed by atoms with Gasteiger partial charge in [0.2, 0.25) is 5.95 Å². The number of alkyl halides is 3. The summed E-state index contributed by atoms with van der Waals surface area (Å²) in [5, 5.41) is 17.7. The molecule has 0 aliphatic carbocycles. The number of hydrogen-bond donors (Lipinski definition) is 2. The van der Waals surface area contributed by atoms with Gasteiger partial charge in [-0.3, -0.25) is 4.68 Å². The van der Waals surface area contributed by atoms with E-state index in [1.165, 1.54) is 42.2 Å². The zero-order chi connectivity index (χ0) is 23.8. The number of benzene rings is 1. The third-order valence-corrected chi connectivity index (χ3v) is 5.54. The highest BCUT2D eigenvalue weighted by Crippen LogP contribution is 2.38. The fourth-order valence-corrected chi connectivity index (χ4v) is 3.74. The predicted molar refractivity (Wildman–Crippen MR) is 114 cm³/mol. The maximum absolute atomic E-state index is 13.0. The molecule has 8 nitrogen and oxygen atoms in total. The van der Waals surface area contributed by atoms with Crippen molar-refractivity contribution in [2.75, 3.05) is 29.2 Å². The minimum atomic E-state index is -4.43. The van der Waals surface area contributed by atoms with Crippen molar-refractivity contribution in [3.63, 3.8) is 0 Å². The Morgan fingerprint density at radius 2 is 1.79 bits per heavy atom. The molecule has 1 aliphatic rings. The molecule has 0 saturated carbocycles. The zero-order valence-electron chi connectivity index (χ0n) is 18.0. The molecule has 0 bridgehead atoms. The van der Waals surface area contributed by atoms with Crippen LogP contribution in [0.2, 0.25) is 0 Å². The van der Waals surface area contributed by atoms with E-state index < -0.39 is 24.9 Å². The van der Waals surface area contributed by atoms with Crippen molar-refractivity contribution in [2.45, 2.75) is 38.0 Å². The molecular weight excluding hydrogens is 442 g/mol. The summed E-state index contributed by atoms with van der Waals surface area (Å²) in [5.74, 6) is 0.231. The van der Waals surface area contributed by atoms with Crippen LogP contribution in [0.5, 0.6) is 0 Å². The maximum atomic E-state index is 13.0. The Bertz CT molecular complexity index is 1100. The van der Waals surface area contributed by atoms with Crippen LogP contribution in [0, 0.1) is 5.82 Å². The summed E-state index contributed by atoms with van der Waals surface area (Å²) < 4.78 is 53.8. The fraction of sp³-hybridized carbons (Fsp3) is 0.381. The van der Waals surface area contributed by atoms with E-state index in [0.29, 0.717) is 24.6 Å². The second-order valence-corrected chi connectivity index (χ2v) is 7.95. The SMILES string of the molecule is CN1c2cnc(NCc3cnn(Cc4ccc(F)cc4)c3)nc2N(C)C(CC(F)(F)F)C1O. The van der Waals surface area contributed by atoms with Gasteiger partial charge < -0.3 is 20.2 Å². The number of nitrogens with one attached hydrogen (secondary N) is 1. The highest BCUT2D eigenvalue weighted by Gasteiger charge is 2.43. The molecule has 4 rings (SSSR count). The summed E-state index contributed by atoms with van der Waals surface area (Å²) in [5.41, 5.74) is 2.18. The van der Waals surface area contributed by atoms with Crippen LogP contribution in [0.1, 0.15) is 17.5 Å². The first-order chi connectivity index (χ1) is 15.6. The van der Waals surface area contributed by atoms with Crippen LogP contribution >= 0.6 is 0 Å². The standard InChI is InChI=1S/C21H23F4N7O/c1-30-16(7-21(23,24)25)19(33)31(2)17-10-27-20(29-18(17)30)26-8-14-9-28-32(12-14)11-13-3-5-15(22)6-4-13/h3-6,9-10,12,16,19,33H,7-8,11H2,1-2H3,(H,26,27,29). The number of halogens is 4. The highest BCUT2D eigenvalue weighted by molar-refractivity contribution is 5.70. The van der Waals surface area contributed by atoms with Gasteiger partial charge in [0.15, 0.2) is 5.82 Å². The van der Waals surface area contributed by atoms with E-state index in [2.05, 4.69) is 20.4 Å². The Morgan fingerprint density at radius 3 is 2.48 bits per heavy atom. The van der Waals surface area contributed by atoms with E-state index in [9.17, 15) is 22.7 Å². The Hall–Kier alpha value is -3.41. The number of nitrogens with zero attached hydrogens (tertiary/aromatic N) is 6. The molecule has 0 fully saturated rings. The van der Waals surface area contributed by atoms with Gasteiger partial charge in [-0.25, -0.2) is 9.37 Å². The molecule has 0 saturated heterocycles. The molecule has 176 valence electrons. The van der Waals surface area contributed by atoms with E-state index in [1.807, 2.05) is 6.20 Å². The van der Waals surface area contributed by atoms with Gasteiger partial charge in [0.25, 0.3) is 0 Å². The number of rotatable bonds is 6. The first-order valence-corrected chi connectivity index (χ1v) is 10.2. The molecule has 1 aromatic carbocycles. The van der Waals surface area contributed by atoms with Crippen molar-refractivity contribution in [2.24, 2.45) is 0 Å². The lowest BCUT2D eigenvalue weighted by Gasteiger charge is -2.44. The van der Waals surface area contributed by atoms with Gasteiger partial charge >= 0.3 is 6.18 Å². The first kappa shape index (κ1) is 22.8. The second-order valence-electron chi connectivity index (χ2n) is 7.95. The van der Waals surface area contributed by atoms with Gasteiger partial charge in [0, 0.05) is 32.4 Å². The number of aromatic nitrogens is 4. The maximum Gasteiger partial charge on any atom is 0.391 e. The summed E-state index contributed by atoms with van der Waals surface area (Å²) in [6, 6.07) is 4.96. The Balaban J connectivity index is 1.44. The lowest BCUT2D eigenvalue weighted by molar-refractivity contribution is -0.144. The largest absolute Gasteiger partial charge is 0.391 e. The summed E-state index contributed by atoms with van der Waals surface area (Å²) in [6.07, 6.45) is -1.99. The Labute approximate surface area is 187 Å². The predicted octanol–water partition coefficient (Wildman–Crippen LogP) is 3.00. The summed E-state index contributed by atoms with van der Waals surface area (Å²) >= 11 is 0. The van der Waals surface area contributed by atoms with E-state index in [-0.39, 0.29) is 11.8 Å². The minimum Gasteiger partial charge on any atom is -0.371 e. The van der Waals surface area contributed by atoms with E-state index in [1.54, 1.807) is 23.0 Å². The van der Waals surface area contributed by atoms with Gasteiger partial charge in [-0.1, -0.05) is 12.1 Å². The van der Waals surface area contributed by atoms with Crippen LogP contribution in [-0.4, -0.2) is 57.4 Å². The Morgan fingerprint density at radius 1 is 1.06 bits per heavy atom. The van der Waals surface area contributed by atoms with Crippen molar-refractivity contribution in [3.8, 4) is 0 Å². The topological polar surface area (TPSA) is 82.3 Å². The molecule has 1 aliphatic heterocycles. The van der Waals surface area contributed by atoms with Crippen LogP contribution in [0.3, 0.4) is 0 Å². The molecule has 12 heteroatoms. The van der Waals surface area contributed by atoms with Gasteiger partial charge in [-0.05, 0) is 17.7 Å². The smallest absolute Gasteiger partial charge is 0.371 e. The number of aliphatic hydroxyl groups excluding tert-OH is 1. The highest BCUT2D eigenvalue weighted by atomic mass is 19.4. The summed E-state index contributed by atoms with van der Waals surface area (Å²) in [4.78, 5) is 11.3. The average Bonchev–Trinajstić information content (AvgIpc) is 3.22. The number of aliphatic hydroxyl groups is 1. The molecule has 3 aromatic rings. The molecule has 3 heterocycles. The van der Waals surface area contributed by atoms with E-state index in [4.69, 9.17) is 0 Å². The van der Waals surface area contributed by atoms with Gasteiger partial charge in [0.05, 0.1) is 31.4 Å². The van der Waals surface area contributed by atoms with Crippen molar-refractivity contribution in [3.05, 3.63) is 59.8 Å². The third kappa shape index (κ3) is 5.16. The third-order valence-electron chi connectivity index (χ3n) is 5.54. The molecular formula is C21H23F4N7O. The van der Waals surface area contributed by atoms with Crippen molar-refractivity contribution in [1.82, 2.24) is 19.7 Å². The molecule has 0 amide bonds. The number of anilines is 3. The zero-order valence-corrected chi connectivity index (χ0v) is 18.0. The molecule has 2 unspecified atom stereocenters. The fourth-order valence-electron chi connectivity index (χ4n) is 3.74. The van der Waals surface area contributed by atoms with Gasteiger partial charge in [-0.15, -0.1) is 0 Å². The number of hydrogen-bond acceptors (Lipinski definition) is 7. The summed E-state index contributed by atoms with van der Waals surface area (Å²) in [6.45, 7) is 0.825. The van der Waals surface area contributed by atoms with Crippen LogP contribution in [0.25, 0.3) is 0 Å². The molecule has 2 atom stereocenters. The molecule has 0 radical (unpaired) electrons. The average molecular weight is 465 g/mol. The van der Waals surface area contributed by atoms with Gasteiger partial charge in [-0.2, -0.15) is 23.3 Å². The first-order valence-electron chi connectivity index (χ1n) is 10.2. The van der Waals surface area contributed by atoms with Crippen LogP contribution in [-0.2, 0) is 13.1 Å². The van der Waals surface area contributed by atoms with Crippen molar-refractivity contribution >= 4 is 17.5 Å². The normalized spacial score (nSPS) is 18.4. The lowest BCUT2D eigenvalue weighted by atomic mass is 10.1. The molecule has 33 heavy (non-hydrogen) atoms. The van der Waals surface area contributed by atoms with Crippen LogP contribution in [0.15, 0.2) is 42.9 Å². The number of likely N-dealkylation sites (N-methyl/N-ethyl adjacent to an activating group) is 2. The van der Waals surface area contributed by atoms with E-state index >= 15 is 0 Å². The summed E-state index contributed by atoms with van der Waals surface area (Å²) in [7, 11) is 2.98. The lowest BCUT2D eigenvalue weighted by Crippen LogP contribution is -2.55. The second kappa shape index (κ2) is 8.85. The quantitative estimate of drug-likeness (QED) is 0.542. The van der Waals surface area contributed by atoms with Crippen molar-refractivity contribution in [1.29, 1.82) is 0 Å². The molecule has 2 N–H and O–H groups in total. The van der Waals surface area contributed by atoms with Crippen LogP contribution in [0.4, 0.5) is 35.0 Å². The minimum absolute atomic E-state index is 0.238. The van der Waals surface area contributed by atoms with Gasteiger partial charge in [0.1, 0.15) is 17.7 Å². The van der Waals surface area contributed by atoms with Crippen molar-refractivity contribution < 1.29 is 22.7 Å². The van der Waals surface area contributed by atoms with E-state index in [0.717, 1.165) is 11.1 Å². The number of fused-ring (bicyclic) bond motifs is 1. The Kier molecular flexibility index (Phi) is 6.11. The molecule has 2 aromatic heterocycles. The monoisotopic (exact) mass is 465 g/mol. The molecule has 0 spiro atoms.